The number of aromatic nitrogens is 3. The van der Waals surface area contributed by atoms with Gasteiger partial charge in [-0.05, 0) is 30.7 Å². The van der Waals surface area contributed by atoms with Gasteiger partial charge in [0.2, 0.25) is 5.91 Å². The van der Waals surface area contributed by atoms with Crippen LogP contribution in [0.15, 0.2) is 29.0 Å². The monoisotopic (exact) mass is 338 g/mol. The number of carbonyl (C=O) groups excluding carboxylic acids is 1. The summed E-state index contributed by atoms with van der Waals surface area (Å²) in [7, 11) is 1.88. The van der Waals surface area contributed by atoms with Gasteiger partial charge in [-0.2, -0.15) is 0 Å². The van der Waals surface area contributed by atoms with Gasteiger partial charge in [0, 0.05) is 11.9 Å². The van der Waals surface area contributed by atoms with Gasteiger partial charge in [0.1, 0.15) is 6.33 Å². The normalized spacial score (nSPS) is 14.0. The number of amides is 1. The molecule has 2 rings (SSSR count). The Hall–Kier alpha value is -1.34. The number of hydrogen-bond donors (Lipinski definition) is 1. The zero-order valence-corrected chi connectivity index (χ0v) is 14.9. The second-order valence-electron chi connectivity index (χ2n) is 5.69. The number of rotatable bonds is 7. The lowest BCUT2D eigenvalue weighted by molar-refractivity contribution is -0.121. The van der Waals surface area contributed by atoms with Crippen LogP contribution >= 0.6 is 23.1 Å². The van der Waals surface area contributed by atoms with Crippen molar-refractivity contribution in [3.63, 3.8) is 0 Å². The van der Waals surface area contributed by atoms with E-state index in [0.717, 1.165) is 11.6 Å². The van der Waals surface area contributed by atoms with Crippen LogP contribution in [0, 0.1) is 5.92 Å². The lowest BCUT2D eigenvalue weighted by Gasteiger charge is -2.21. The Labute approximate surface area is 139 Å². The van der Waals surface area contributed by atoms with Crippen LogP contribution in [0.5, 0.6) is 0 Å². The average Bonchev–Trinajstić information content (AvgIpc) is 3.10. The second kappa shape index (κ2) is 7.78. The van der Waals surface area contributed by atoms with Crippen LogP contribution in [0.1, 0.15) is 38.1 Å². The molecule has 0 unspecified atom stereocenters. The maximum absolute atomic E-state index is 12.5. The van der Waals surface area contributed by atoms with E-state index >= 15 is 0 Å². The maximum Gasteiger partial charge on any atom is 0.233 e. The third kappa shape index (κ3) is 4.58. The fourth-order valence-electron chi connectivity index (χ4n) is 2.09. The molecule has 2 aromatic rings. The summed E-state index contributed by atoms with van der Waals surface area (Å²) in [4.78, 5) is 13.7. The van der Waals surface area contributed by atoms with E-state index in [2.05, 4.69) is 35.4 Å². The zero-order chi connectivity index (χ0) is 16.1. The van der Waals surface area contributed by atoms with Crippen molar-refractivity contribution < 1.29 is 4.79 Å². The van der Waals surface area contributed by atoms with Crippen molar-refractivity contribution in [1.29, 1.82) is 0 Å². The third-order valence-corrected chi connectivity index (χ3v) is 5.37. The summed E-state index contributed by atoms with van der Waals surface area (Å²) in [5, 5.41) is 13.6. The number of thioether (sulfide) groups is 1. The van der Waals surface area contributed by atoms with Gasteiger partial charge < -0.3 is 9.88 Å². The average molecular weight is 339 g/mol. The summed E-state index contributed by atoms with van der Waals surface area (Å²) in [6.07, 6.45) is 2.58. The van der Waals surface area contributed by atoms with Crippen LogP contribution in [0.25, 0.3) is 0 Å². The molecule has 1 N–H and O–H groups in total. The first-order valence-electron chi connectivity index (χ1n) is 7.31. The second-order valence-corrected chi connectivity index (χ2v) is 7.98. The molecule has 0 aromatic carbocycles. The molecular formula is C15H22N4OS2. The van der Waals surface area contributed by atoms with Gasteiger partial charge >= 0.3 is 0 Å². The molecule has 2 atom stereocenters. The van der Waals surface area contributed by atoms with E-state index in [0.29, 0.717) is 5.92 Å². The lowest BCUT2D eigenvalue weighted by Crippen LogP contribution is -2.34. The molecule has 0 saturated carbocycles. The zero-order valence-electron chi connectivity index (χ0n) is 13.3. The molecule has 7 heteroatoms. The molecule has 2 heterocycles. The van der Waals surface area contributed by atoms with E-state index in [1.54, 1.807) is 17.7 Å². The lowest BCUT2D eigenvalue weighted by atomic mass is 10.0. The van der Waals surface area contributed by atoms with Crippen molar-refractivity contribution >= 4 is 29.0 Å². The number of nitrogens with zero attached hydrogens (tertiary/aromatic N) is 3. The Morgan fingerprint density at radius 2 is 2.23 bits per heavy atom. The van der Waals surface area contributed by atoms with Crippen LogP contribution in [-0.2, 0) is 11.8 Å². The Morgan fingerprint density at radius 1 is 1.45 bits per heavy atom. The molecule has 0 radical (unpaired) electrons. The van der Waals surface area contributed by atoms with E-state index in [4.69, 9.17) is 0 Å². The minimum absolute atomic E-state index is 0.0343. The standard InChI is InChI=1S/C15H22N4OS2/c1-10(2)8-12(13-6-5-7-21-13)17-14(20)11(3)22-15-18-16-9-19(15)4/h5-7,9-12H,8H2,1-4H3,(H,17,20)/t11-,12-/m1/s1. The Morgan fingerprint density at radius 3 is 2.77 bits per heavy atom. The number of hydrogen-bond acceptors (Lipinski definition) is 5. The Kier molecular flexibility index (Phi) is 6.02. The third-order valence-electron chi connectivity index (χ3n) is 3.23. The molecule has 0 fully saturated rings. The van der Waals surface area contributed by atoms with E-state index in [-0.39, 0.29) is 17.2 Å². The number of aryl methyl sites for hydroxylation is 1. The highest BCUT2D eigenvalue weighted by atomic mass is 32.2. The first-order chi connectivity index (χ1) is 10.5. The summed E-state index contributed by atoms with van der Waals surface area (Å²) < 4.78 is 1.82. The van der Waals surface area contributed by atoms with Crippen LogP contribution in [0.3, 0.4) is 0 Å². The van der Waals surface area contributed by atoms with Crippen molar-refractivity contribution in [2.45, 2.75) is 43.6 Å². The van der Waals surface area contributed by atoms with E-state index in [1.807, 2.05) is 30.0 Å². The number of nitrogens with one attached hydrogen (secondary N) is 1. The molecule has 0 aliphatic heterocycles. The van der Waals surface area contributed by atoms with Crippen LogP contribution in [0.4, 0.5) is 0 Å². The van der Waals surface area contributed by atoms with Crippen LogP contribution in [-0.4, -0.2) is 25.9 Å². The summed E-state index contributed by atoms with van der Waals surface area (Å²) in [6.45, 7) is 6.24. The van der Waals surface area contributed by atoms with Gasteiger partial charge in [0.05, 0.1) is 11.3 Å². The van der Waals surface area contributed by atoms with Crippen molar-refractivity contribution in [2.24, 2.45) is 13.0 Å². The number of carbonyl (C=O) groups is 1. The quantitative estimate of drug-likeness (QED) is 0.787. The van der Waals surface area contributed by atoms with Crippen molar-refractivity contribution in [3.8, 4) is 0 Å². The van der Waals surface area contributed by atoms with Gasteiger partial charge in [-0.3, -0.25) is 4.79 Å². The highest BCUT2D eigenvalue weighted by Crippen LogP contribution is 2.27. The van der Waals surface area contributed by atoms with Crippen LogP contribution < -0.4 is 5.32 Å². The summed E-state index contributed by atoms with van der Waals surface area (Å²) in [6, 6.07) is 4.19. The highest BCUT2D eigenvalue weighted by Gasteiger charge is 2.22. The van der Waals surface area contributed by atoms with Crippen molar-refractivity contribution in [3.05, 3.63) is 28.7 Å². The molecule has 22 heavy (non-hydrogen) atoms. The van der Waals surface area contributed by atoms with E-state index in [1.165, 1.54) is 16.6 Å². The molecular weight excluding hydrogens is 316 g/mol. The van der Waals surface area contributed by atoms with Gasteiger partial charge in [-0.15, -0.1) is 21.5 Å². The SMILES string of the molecule is CC(C)C[C@@H](NC(=O)[C@@H](C)Sc1nncn1C)c1cccs1. The van der Waals surface area contributed by atoms with Gasteiger partial charge in [0.25, 0.3) is 0 Å². The minimum atomic E-state index is -0.211. The first kappa shape index (κ1) is 17.0. The molecule has 2 aromatic heterocycles. The van der Waals surface area contributed by atoms with E-state index in [9.17, 15) is 4.79 Å². The summed E-state index contributed by atoms with van der Waals surface area (Å²) in [5.41, 5.74) is 0. The molecule has 0 aliphatic rings. The summed E-state index contributed by atoms with van der Waals surface area (Å²) >= 11 is 3.11. The fourth-order valence-corrected chi connectivity index (χ4v) is 3.68. The molecule has 0 aliphatic carbocycles. The molecule has 120 valence electrons. The highest BCUT2D eigenvalue weighted by molar-refractivity contribution is 8.00. The topological polar surface area (TPSA) is 59.8 Å². The largest absolute Gasteiger partial charge is 0.348 e. The predicted molar refractivity (Wildman–Crippen MR) is 91.0 cm³/mol. The van der Waals surface area contributed by atoms with Crippen molar-refractivity contribution in [2.75, 3.05) is 0 Å². The smallest absolute Gasteiger partial charge is 0.233 e. The maximum atomic E-state index is 12.5. The predicted octanol–water partition coefficient (Wildman–Crippen LogP) is 3.26. The molecule has 0 spiro atoms. The van der Waals surface area contributed by atoms with Crippen LogP contribution in [0.2, 0.25) is 0 Å². The van der Waals surface area contributed by atoms with Gasteiger partial charge in [0.15, 0.2) is 5.16 Å². The Bertz CT molecular complexity index is 594. The number of thiophene rings is 1. The first-order valence-corrected chi connectivity index (χ1v) is 9.07. The molecule has 1 amide bonds. The van der Waals surface area contributed by atoms with E-state index < -0.39 is 0 Å². The minimum Gasteiger partial charge on any atom is -0.348 e. The Balaban J connectivity index is 1.99. The van der Waals surface area contributed by atoms with Gasteiger partial charge in [-0.1, -0.05) is 31.7 Å². The molecule has 5 nitrogen and oxygen atoms in total. The molecule has 0 saturated heterocycles. The molecule has 0 bridgehead atoms. The van der Waals surface area contributed by atoms with Crippen molar-refractivity contribution in [1.82, 2.24) is 20.1 Å². The summed E-state index contributed by atoms with van der Waals surface area (Å²) in [5.74, 6) is 0.557. The van der Waals surface area contributed by atoms with Gasteiger partial charge in [-0.25, -0.2) is 0 Å². The fraction of sp³-hybridized carbons (Fsp3) is 0.533.